The molecule has 0 bridgehead atoms. The monoisotopic (exact) mass is 305 g/mol. The molecular weight excluding hydrogens is 282 g/mol. The molecule has 1 saturated carbocycles. The van der Waals surface area contributed by atoms with E-state index in [-0.39, 0.29) is 12.1 Å². The summed E-state index contributed by atoms with van der Waals surface area (Å²) in [7, 11) is 3.77. The third-order valence-corrected chi connectivity index (χ3v) is 4.15. The number of morpholine rings is 1. The molecule has 7 heteroatoms. The standard InChI is InChI=1S/C15H23N5O2/c1-10-8-12(14(18-17-10)19(2)3)16-15(21)20-6-7-22-9-13(20)11-4-5-11/h8,11,13H,4-7,9H2,1-3H3,(H,16,17,21). The Morgan fingerprint density at radius 2 is 2.18 bits per heavy atom. The SMILES string of the molecule is Cc1cc(NC(=O)N2CCOCC2C2CC2)c(N(C)C)nn1. The minimum Gasteiger partial charge on any atom is -0.377 e. The molecule has 1 aromatic heterocycles. The van der Waals surface area contributed by atoms with Gasteiger partial charge in [0.1, 0.15) is 0 Å². The van der Waals surface area contributed by atoms with Gasteiger partial charge in [0.2, 0.25) is 0 Å². The Morgan fingerprint density at radius 3 is 2.86 bits per heavy atom. The van der Waals surface area contributed by atoms with Crippen LogP contribution in [0.15, 0.2) is 6.07 Å². The van der Waals surface area contributed by atoms with E-state index in [2.05, 4.69) is 15.5 Å². The summed E-state index contributed by atoms with van der Waals surface area (Å²) in [4.78, 5) is 16.4. The van der Waals surface area contributed by atoms with Crippen LogP contribution in [0.1, 0.15) is 18.5 Å². The highest BCUT2D eigenvalue weighted by Crippen LogP contribution is 2.36. The number of carbonyl (C=O) groups excluding carboxylic acids is 1. The Kier molecular flexibility index (Phi) is 4.15. The molecule has 1 unspecified atom stereocenters. The molecule has 2 amide bonds. The molecule has 1 N–H and O–H groups in total. The lowest BCUT2D eigenvalue weighted by Crippen LogP contribution is -2.51. The van der Waals surface area contributed by atoms with Crippen molar-refractivity contribution in [2.75, 3.05) is 44.1 Å². The highest BCUT2D eigenvalue weighted by atomic mass is 16.5. The molecule has 2 heterocycles. The Hall–Kier alpha value is -1.89. The summed E-state index contributed by atoms with van der Waals surface area (Å²) in [5, 5.41) is 11.2. The second kappa shape index (κ2) is 6.08. The number of ether oxygens (including phenoxy) is 1. The predicted octanol–water partition coefficient (Wildman–Crippen LogP) is 1.49. The Morgan fingerprint density at radius 1 is 1.41 bits per heavy atom. The first-order valence-electron chi connectivity index (χ1n) is 7.73. The van der Waals surface area contributed by atoms with E-state index in [1.54, 1.807) is 0 Å². The molecule has 1 aliphatic heterocycles. The first-order valence-corrected chi connectivity index (χ1v) is 7.73. The number of nitrogens with zero attached hydrogens (tertiary/aromatic N) is 4. The van der Waals surface area contributed by atoms with Crippen molar-refractivity contribution in [3.05, 3.63) is 11.8 Å². The Labute approximate surface area is 130 Å². The third kappa shape index (κ3) is 3.14. The number of rotatable bonds is 3. The van der Waals surface area contributed by atoms with Crippen LogP contribution in [0, 0.1) is 12.8 Å². The van der Waals surface area contributed by atoms with Crippen molar-refractivity contribution >= 4 is 17.5 Å². The van der Waals surface area contributed by atoms with E-state index in [1.807, 2.05) is 36.9 Å². The Balaban J connectivity index is 1.77. The number of aromatic nitrogens is 2. The molecule has 1 atom stereocenters. The fourth-order valence-corrected chi connectivity index (χ4v) is 2.84. The number of anilines is 2. The Bertz CT molecular complexity index is 559. The van der Waals surface area contributed by atoms with E-state index in [1.165, 1.54) is 12.8 Å². The first-order chi connectivity index (χ1) is 10.6. The molecule has 22 heavy (non-hydrogen) atoms. The maximum Gasteiger partial charge on any atom is 0.322 e. The quantitative estimate of drug-likeness (QED) is 0.916. The summed E-state index contributed by atoms with van der Waals surface area (Å²) in [6.07, 6.45) is 2.38. The molecule has 1 saturated heterocycles. The summed E-state index contributed by atoms with van der Waals surface area (Å²) in [6.45, 7) is 3.75. The van der Waals surface area contributed by atoms with Crippen molar-refractivity contribution in [2.24, 2.45) is 5.92 Å². The third-order valence-electron chi connectivity index (χ3n) is 4.15. The number of carbonyl (C=O) groups is 1. The summed E-state index contributed by atoms with van der Waals surface area (Å²) in [6, 6.07) is 1.98. The second-order valence-corrected chi connectivity index (χ2v) is 6.22. The van der Waals surface area contributed by atoms with Gasteiger partial charge >= 0.3 is 6.03 Å². The van der Waals surface area contributed by atoms with Gasteiger partial charge in [-0.05, 0) is 31.7 Å². The number of hydrogen-bond acceptors (Lipinski definition) is 5. The van der Waals surface area contributed by atoms with Gasteiger partial charge in [-0.2, -0.15) is 5.10 Å². The minimum absolute atomic E-state index is 0.0734. The van der Waals surface area contributed by atoms with Crippen LogP contribution in [0.4, 0.5) is 16.3 Å². The zero-order valence-electron chi connectivity index (χ0n) is 13.4. The average Bonchev–Trinajstić information content (AvgIpc) is 3.31. The molecular formula is C15H23N5O2. The van der Waals surface area contributed by atoms with Crippen LogP contribution in [0.3, 0.4) is 0 Å². The molecule has 0 spiro atoms. The highest BCUT2D eigenvalue weighted by Gasteiger charge is 2.39. The zero-order valence-corrected chi connectivity index (χ0v) is 13.4. The van der Waals surface area contributed by atoms with Gasteiger partial charge < -0.3 is 19.9 Å². The van der Waals surface area contributed by atoms with Crippen LogP contribution < -0.4 is 10.2 Å². The van der Waals surface area contributed by atoms with Crippen LogP contribution in [-0.4, -0.2) is 61.0 Å². The van der Waals surface area contributed by atoms with Gasteiger partial charge in [-0.15, -0.1) is 5.10 Å². The maximum atomic E-state index is 12.7. The lowest BCUT2D eigenvalue weighted by molar-refractivity contribution is 0.00773. The van der Waals surface area contributed by atoms with Crippen molar-refractivity contribution in [3.63, 3.8) is 0 Å². The van der Waals surface area contributed by atoms with Crippen LogP contribution >= 0.6 is 0 Å². The molecule has 2 fully saturated rings. The van der Waals surface area contributed by atoms with Gasteiger partial charge in [0, 0.05) is 20.6 Å². The van der Waals surface area contributed by atoms with Crippen LogP contribution in [0.5, 0.6) is 0 Å². The van der Waals surface area contributed by atoms with Gasteiger partial charge in [0.25, 0.3) is 0 Å². The molecule has 1 aromatic rings. The second-order valence-electron chi connectivity index (χ2n) is 6.22. The smallest absolute Gasteiger partial charge is 0.322 e. The van der Waals surface area contributed by atoms with E-state index in [9.17, 15) is 4.79 Å². The lowest BCUT2D eigenvalue weighted by Gasteiger charge is -2.36. The maximum absolute atomic E-state index is 12.7. The average molecular weight is 305 g/mol. The topological polar surface area (TPSA) is 70.6 Å². The van der Waals surface area contributed by atoms with Crippen molar-refractivity contribution < 1.29 is 9.53 Å². The van der Waals surface area contributed by atoms with E-state index >= 15 is 0 Å². The van der Waals surface area contributed by atoms with Gasteiger partial charge in [0.15, 0.2) is 5.82 Å². The molecule has 120 valence electrons. The normalized spacial score (nSPS) is 21.6. The number of hydrogen-bond donors (Lipinski definition) is 1. The van der Waals surface area contributed by atoms with Crippen molar-refractivity contribution in [2.45, 2.75) is 25.8 Å². The number of amides is 2. The lowest BCUT2D eigenvalue weighted by atomic mass is 10.1. The van der Waals surface area contributed by atoms with Crippen molar-refractivity contribution in [1.82, 2.24) is 15.1 Å². The van der Waals surface area contributed by atoms with Gasteiger partial charge in [-0.25, -0.2) is 4.79 Å². The summed E-state index contributed by atoms with van der Waals surface area (Å²) in [5.74, 6) is 1.26. The van der Waals surface area contributed by atoms with E-state index in [0.717, 1.165) is 5.69 Å². The van der Waals surface area contributed by atoms with Crippen LogP contribution in [-0.2, 0) is 4.74 Å². The molecule has 2 aliphatic rings. The fourth-order valence-electron chi connectivity index (χ4n) is 2.84. The summed E-state index contributed by atoms with van der Waals surface area (Å²) >= 11 is 0. The summed E-state index contributed by atoms with van der Waals surface area (Å²) < 4.78 is 5.54. The van der Waals surface area contributed by atoms with Crippen molar-refractivity contribution in [3.8, 4) is 0 Å². The zero-order chi connectivity index (χ0) is 15.7. The number of aryl methyl sites for hydroxylation is 1. The number of nitrogens with one attached hydrogen (secondary N) is 1. The largest absolute Gasteiger partial charge is 0.377 e. The highest BCUT2D eigenvalue weighted by molar-refractivity contribution is 5.92. The van der Waals surface area contributed by atoms with Crippen LogP contribution in [0.25, 0.3) is 0 Å². The molecule has 3 rings (SSSR count). The molecule has 1 aliphatic carbocycles. The van der Waals surface area contributed by atoms with Gasteiger partial charge in [0.05, 0.1) is 30.6 Å². The van der Waals surface area contributed by atoms with Gasteiger partial charge in [-0.3, -0.25) is 0 Å². The van der Waals surface area contributed by atoms with E-state index in [0.29, 0.717) is 37.2 Å². The predicted molar refractivity (Wildman–Crippen MR) is 84.2 cm³/mol. The van der Waals surface area contributed by atoms with Crippen molar-refractivity contribution in [1.29, 1.82) is 0 Å². The van der Waals surface area contributed by atoms with E-state index < -0.39 is 0 Å². The first kappa shape index (κ1) is 15.0. The van der Waals surface area contributed by atoms with Crippen LogP contribution in [0.2, 0.25) is 0 Å². The molecule has 0 aromatic carbocycles. The summed E-state index contributed by atoms with van der Waals surface area (Å²) in [5.41, 5.74) is 1.48. The molecule has 0 radical (unpaired) electrons. The van der Waals surface area contributed by atoms with Gasteiger partial charge in [-0.1, -0.05) is 0 Å². The number of urea groups is 1. The molecule has 7 nitrogen and oxygen atoms in total. The fraction of sp³-hybridized carbons (Fsp3) is 0.667. The van der Waals surface area contributed by atoms with E-state index in [4.69, 9.17) is 4.74 Å². The minimum atomic E-state index is -0.0734.